The van der Waals surface area contributed by atoms with Crippen molar-refractivity contribution >= 4 is 5.69 Å². The summed E-state index contributed by atoms with van der Waals surface area (Å²) in [6.45, 7) is 3.83. The minimum Gasteiger partial charge on any atom is -0.508 e. The first kappa shape index (κ1) is 25.7. The van der Waals surface area contributed by atoms with Crippen LogP contribution in [-0.2, 0) is 15.4 Å². The summed E-state index contributed by atoms with van der Waals surface area (Å²) in [5, 5.41) is 10.0. The van der Waals surface area contributed by atoms with E-state index in [1.54, 1.807) is 20.3 Å². The summed E-state index contributed by atoms with van der Waals surface area (Å²) in [6.07, 6.45) is 1.50. The number of hydrogen-bond acceptors (Lipinski definition) is 4. The normalized spacial score (nSPS) is 21.7. The van der Waals surface area contributed by atoms with Crippen LogP contribution < -0.4 is 4.90 Å². The molecule has 6 heteroatoms. The zero-order valence-electron chi connectivity index (χ0n) is 21.7. The van der Waals surface area contributed by atoms with Gasteiger partial charge in [-0.05, 0) is 60.7 Å². The maximum Gasteiger partial charge on any atom is 0.274 e. The molecule has 0 unspecified atom stereocenters. The van der Waals surface area contributed by atoms with Crippen LogP contribution in [0.15, 0.2) is 66.7 Å². The molecule has 1 heterocycles. The van der Waals surface area contributed by atoms with Crippen molar-refractivity contribution in [3.63, 3.8) is 0 Å². The molecule has 0 bridgehead atoms. The second-order valence-corrected chi connectivity index (χ2v) is 10.4. The zero-order valence-corrected chi connectivity index (χ0v) is 21.7. The predicted octanol–water partition coefficient (Wildman–Crippen LogP) is 6.95. The van der Waals surface area contributed by atoms with Gasteiger partial charge < -0.3 is 19.5 Å². The van der Waals surface area contributed by atoms with Crippen molar-refractivity contribution < 1.29 is 23.4 Å². The van der Waals surface area contributed by atoms with Crippen molar-refractivity contribution in [3.05, 3.63) is 94.5 Å². The first-order valence-corrected chi connectivity index (χ1v) is 13.0. The first-order chi connectivity index (χ1) is 17.8. The van der Waals surface area contributed by atoms with Gasteiger partial charge in [-0.25, -0.2) is 8.78 Å². The lowest BCUT2D eigenvalue weighted by Crippen LogP contribution is -2.39. The number of hydrogen-bond donors (Lipinski definition) is 1. The van der Waals surface area contributed by atoms with E-state index in [1.807, 2.05) is 31.2 Å². The topological polar surface area (TPSA) is 41.9 Å². The first-order valence-electron chi connectivity index (χ1n) is 13.0. The second kappa shape index (κ2) is 10.4. The number of alkyl halides is 2. The summed E-state index contributed by atoms with van der Waals surface area (Å²) in [7, 11) is 3.37. The molecule has 5 rings (SSSR count). The molecule has 0 aromatic heterocycles. The van der Waals surface area contributed by atoms with E-state index in [2.05, 4.69) is 29.2 Å². The molecule has 1 aliphatic carbocycles. The van der Waals surface area contributed by atoms with Gasteiger partial charge in [0.2, 0.25) is 0 Å². The standard InChI is InChI=1S/C31H35F2NO3/c1-20-4-6-21(7-5-20)27-19-31(32,33)28-18-25(35)12-13-26(28)29(27)22-8-10-24(11-9-22)34-16-14-23(15-17-34)30(36-2)37-3/h4-13,18,23,27,29-30,35H,14-17,19H2,1-3H3/t27-,29-/m0/s1. The van der Waals surface area contributed by atoms with Gasteiger partial charge in [0, 0.05) is 62.7 Å². The number of anilines is 1. The molecule has 2 aliphatic rings. The summed E-state index contributed by atoms with van der Waals surface area (Å²) in [5.74, 6) is -3.39. The van der Waals surface area contributed by atoms with Crippen LogP contribution in [0.4, 0.5) is 14.5 Å². The summed E-state index contributed by atoms with van der Waals surface area (Å²) in [4.78, 5) is 2.36. The van der Waals surface area contributed by atoms with Gasteiger partial charge in [0.1, 0.15) is 5.75 Å². The summed E-state index contributed by atoms with van der Waals surface area (Å²) >= 11 is 0. The second-order valence-electron chi connectivity index (χ2n) is 10.4. The van der Waals surface area contributed by atoms with E-state index >= 15 is 8.78 Å². The smallest absolute Gasteiger partial charge is 0.274 e. The number of fused-ring (bicyclic) bond motifs is 1. The Morgan fingerprint density at radius 1 is 0.892 bits per heavy atom. The Balaban J connectivity index is 1.46. The molecule has 0 saturated carbocycles. The number of benzene rings is 3. The Bertz CT molecular complexity index is 1200. The molecule has 196 valence electrons. The van der Waals surface area contributed by atoms with Crippen molar-refractivity contribution in [2.45, 2.75) is 50.2 Å². The van der Waals surface area contributed by atoms with Crippen LogP contribution in [0.1, 0.15) is 58.9 Å². The minimum atomic E-state index is -3.02. The number of phenols is 1. The molecule has 0 radical (unpaired) electrons. The van der Waals surface area contributed by atoms with E-state index in [-0.39, 0.29) is 35.9 Å². The molecular weight excluding hydrogens is 472 g/mol. The number of rotatable bonds is 6. The Kier molecular flexibility index (Phi) is 7.24. The third-order valence-corrected chi connectivity index (χ3v) is 8.16. The lowest BCUT2D eigenvalue weighted by atomic mass is 9.68. The fraction of sp³-hybridized carbons (Fsp3) is 0.419. The van der Waals surface area contributed by atoms with Gasteiger partial charge >= 0.3 is 0 Å². The number of piperidine rings is 1. The maximum absolute atomic E-state index is 15.4. The molecule has 1 N–H and O–H groups in total. The van der Waals surface area contributed by atoms with Gasteiger partial charge in [-0.15, -0.1) is 0 Å². The third-order valence-electron chi connectivity index (χ3n) is 8.16. The molecule has 0 amide bonds. The summed E-state index contributed by atoms with van der Waals surface area (Å²) < 4.78 is 41.7. The lowest BCUT2D eigenvalue weighted by Gasteiger charge is -2.39. The molecular formula is C31H35F2NO3. The van der Waals surface area contributed by atoms with Crippen LogP contribution in [0, 0.1) is 12.8 Å². The van der Waals surface area contributed by atoms with E-state index < -0.39 is 5.92 Å². The van der Waals surface area contributed by atoms with E-state index in [0.717, 1.165) is 48.3 Å². The Morgan fingerprint density at radius 2 is 1.51 bits per heavy atom. The summed E-state index contributed by atoms with van der Waals surface area (Å²) in [6, 6.07) is 20.7. The van der Waals surface area contributed by atoms with E-state index in [1.165, 1.54) is 12.1 Å². The number of ether oxygens (including phenoxy) is 2. The quantitative estimate of drug-likeness (QED) is 0.367. The molecule has 1 saturated heterocycles. The van der Waals surface area contributed by atoms with Gasteiger partial charge in [0.25, 0.3) is 5.92 Å². The molecule has 1 aliphatic heterocycles. The number of aromatic hydroxyl groups is 1. The van der Waals surface area contributed by atoms with Gasteiger partial charge in [0.15, 0.2) is 6.29 Å². The average Bonchev–Trinajstić information content (AvgIpc) is 2.90. The molecule has 3 aromatic carbocycles. The molecule has 2 atom stereocenters. The van der Waals surface area contributed by atoms with Crippen LogP contribution in [0.2, 0.25) is 0 Å². The van der Waals surface area contributed by atoms with Crippen molar-refractivity contribution in [2.75, 3.05) is 32.2 Å². The van der Waals surface area contributed by atoms with E-state index in [4.69, 9.17) is 9.47 Å². The van der Waals surface area contributed by atoms with Crippen molar-refractivity contribution in [1.29, 1.82) is 0 Å². The van der Waals surface area contributed by atoms with E-state index in [0.29, 0.717) is 11.5 Å². The largest absolute Gasteiger partial charge is 0.508 e. The van der Waals surface area contributed by atoms with Gasteiger partial charge in [-0.3, -0.25) is 0 Å². The summed E-state index contributed by atoms with van der Waals surface area (Å²) in [5.41, 5.74) is 4.66. The molecule has 4 nitrogen and oxygen atoms in total. The van der Waals surface area contributed by atoms with Crippen LogP contribution >= 0.6 is 0 Å². The fourth-order valence-electron chi connectivity index (χ4n) is 6.19. The minimum absolute atomic E-state index is 0.0714. The number of phenolic OH excluding ortho intramolecular Hbond substituents is 1. The molecule has 37 heavy (non-hydrogen) atoms. The Labute approximate surface area is 217 Å². The average molecular weight is 508 g/mol. The van der Waals surface area contributed by atoms with Gasteiger partial charge in [-0.1, -0.05) is 48.0 Å². The highest BCUT2D eigenvalue weighted by Gasteiger charge is 2.47. The third kappa shape index (κ3) is 5.10. The molecule has 1 fully saturated rings. The SMILES string of the molecule is COC(OC)C1CCN(c2ccc([C@H]3c4ccc(O)cc4C(F)(F)C[C@H]3c3ccc(C)cc3)cc2)CC1. The van der Waals surface area contributed by atoms with Crippen molar-refractivity contribution in [1.82, 2.24) is 0 Å². The van der Waals surface area contributed by atoms with Gasteiger partial charge in [-0.2, -0.15) is 0 Å². The zero-order chi connectivity index (χ0) is 26.2. The van der Waals surface area contributed by atoms with Crippen LogP contribution in [0.25, 0.3) is 0 Å². The van der Waals surface area contributed by atoms with Crippen LogP contribution in [0.3, 0.4) is 0 Å². The van der Waals surface area contributed by atoms with Crippen molar-refractivity contribution in [2.24, 2.45) is 5.92 Å². The monoisotopic (exact) mass is 507 g/mol. The number of halogens is 2. The fourth-order valence-corrected chi connectivity index (χ4v) is 6.19. The predicted molar refractivity (Wildman–Crippen MR) is 142 cm³/mol. The highest BCUT2D eigenvalue weighted by Crippen LogP contribution is 2.55. The Hall–Kier alpha value is -2.96. The lowest BCUT2D eigenvalue weighted by molar-refractivity contribution is -0.141. The van der Waals surface area contributed by atoms with Gasteiger partial charge in [0.05, 0.1) is 0 Å². The van der Waals surface area contributed by atoms with Crippen LogP contribution in [-0.4, -0.2) is 38.7 Å². The highest BCUT2D eigenvalue weighted by molar-refractivity contribution is 5.53. The number of nitrogens with zero attached hydrogens (tertiary/aromatic N) is 1. The van der Waals surface area contributed by atoms with Crippen LogP contribution in [0.5, 0.6) is 5.75 Å². The van der Waals surface area contributed by atoms with Crippen molar-refractivity contribution in [3.8, 4) is 5.75 Å². The molecule has 0 spiro atoms. The maximum atomic E-state index is 15.4. The highest BCUT2D eigenvalue weighted by atomic mass is 19.3. The number of methoxy groups -OCH3 is 2. The van der Waals surface area contributed by atoms with E-state index in [9.17, 15) is 5.11 Å². The Morgan fingerprint density at radius 3 is 2.14 bits per heavy atom. The number of aryl methyl sites for hydroxylation is 1. The molecule has 3 aromatic rings.